The normalized spacial score (nSPS) is 17.9. The van der Waals surface area contributed by atoms with Gasteiger partial charge in [-0.15, -0.1) is 10.2 Å². The zero-order chi connectivity index (χ0) is 17.1. The van der Waals surface area contributed by atoms with Crippen LogP contribution in [-0.4, -0.2) is 44.0 Å². The van der Waals surface area contributed by atoms with Crippen LogP contribution in [0.15, 0.2) is 33.9 Å². The molecule has 6 nitrogen and oxygen atoms in total. The molecule has 8 heteroatoms. The van der Waals surface area contributed by atoms with Crippen molar-refractivity contribution in [2.24, 2.45) is 0 Å². The third kappa shape index (κ3) is 3.59. The van der Waals surface area contributed by atoms with Crippen LogP contribution in [0, 0.1) is 0 Å². The maximum Gasteiger partial charge on any atom is 0.233 e. The van der Waals surface area contributed by atoms with Crippen molar-refractivity contribution in [3.63, 3.8) is 0 Å². The molecule has 1 saturated heterocycles. The van der Waals surface area contributed by atoms with Gasteiger partial charge in [0.15, 0.2) is 5.82 Å². The summed E-state index contributed by atoms with van der Waals surface area (Å²) in [5.74, 6) is 7.16. The highest BCUT2D eigenvalue weighted by atomic mass is 79.9. The number of piperidine rings is 1. The van der Waals surface area contributed by atoms with Gasteiger partial charge in [0.25, 0.3) is 0 Å². The van der Waals surface area contributed by atoms with E-state index in [0.717, 1.165) is 29.4 Å². The molecule has 1 atom stereocenters. The summed E-state index contributed by atoms with van der Waals surface area (Å²) in [6.45, 7) is 2.95. The average Bonchev–Trinajstić information content (AvgIpc) is 2.94. The highest BCUT2D eigenvalue weighted by Gasteiger charge is 2.24. The van der Waals surface area contributed by atoms with Crippen molar-refractivity contribution in [1.82, 2.24) is 19.8 Å². The maximum atomic E-state index is 12.4. The molecular weight excluding hydrogens is 390 g/mol. The number of benzene rings is 1. The number of nitrogen functional groups attached to an aromatic ring is 1. The van der Waals surface area contributed by atoms with Crippen LogP contribution in [-0.2, 0) is 4.79 Å². The van der Waals surface area contributed by atoms with Crippen molar-refractivity contribution in [2.45, 2.75) is 37.4 Å². The van der Waals surface area contributed by atoms with Gasteiger partial charge in [0.05, 0.1) is 5.75 Å². The molecule has 1 aliphatic heterocycles. The number of carbonyl (C=O) groups is 1. The van der Waals surface area contributed by atoms with Gasteiger partial charge in [0.1, 0.15) is 0 Å². The van der Waals surface area contributed by atoms with Crippen molar-refractivity contribution in [3.8, 4) is 11.4 Å². The van der Waals surface area contributed by atoms with Crippen molar-refractivity contribution >= 4 is 33.6 Å². The number of rotatable bonds is 4. The van der Waals surface area contributed by atoms with E-state index >= 15 is 0 Å². The number of likely N-dealkylation sites (tertiary alicyclic amines) is 1. The van der Waals surface area contributed by atoms with E-state index in [1.54, 1.807) is 0 Å². The number of hydrogen-bond donors (Lipinski definition) is 1. The van der Waals surface area contributed by atoms with Crippen molar-refractivity contribution in [3.05, 3.63) is 28.7 Å². The second-order valence-electron chi connectivity index (χ2n) is 5.88. The Bertz CT molecular complexity index is 735. The molecule has 3 rings (SSSR count). The van der Waals surface area contributed by atoms with Crippen molar-refractivity contribution < 1.29 is 4.79 Å². The Morgan fingerprint density at radius 2 is 2.17 bits per heavy atom. The van der Waals surface area contributed by atoms with Gasteiger partial charge in [-0.25, -0.2) is 4.68 Å². The van der Waals surface area contributed by atoms with E-state index in [-0.39, 0.29) is 5.91 Å². The van der Waals surface area contributed by atoms with Gasteiger partial charge in [-0.3, -0.25) is 4.79 Å². The minimum Gasteiger partial charge on any atom is -0.339 e. The molecule has 0 aliphatic carbocycles. The largest absolute Gasteiger partial charge is 0.339 e. The van der Waals surface area contributed by atoms with Gasteiger partial charge in [0.2, 0.25) is 11.1 Å². The average molecular weight is 410 g/mol. The summed E-state index contributed by atoms with van der Waals surface area (Å²) in [6.07, 6.45) is 3.36. The fraction of sp³-hybridized carbons (Fsp3) is 0.438. The number of aromatic nitrogens is 3. The van der Waals surface area contributed by atoms with Gasteiger partial charge in [-0.05, 0) is 38.3 Å². The maximum absolute atomic E-state index is 12.4. The second-order valence-corrected chi connectivity index (χ2v) is 7.67. The van der Waals surface area contributed by atoms with Crippen LogP contribution in [0.3, 0.4) is 0 Å². The van der Waals surface area contributed by atoms with Crippen molar-refractivity contribution in [2.75, 3.05) is 18.1 Å². The summed E-state index contributed by atoms with van der Waals surface area (Å²) < 4.78 is 2.34. The highest BCUT2D eigenvalue weighted by Crippen LogP contribution is 2.28. The van der Waals surface area contributed by atoms with E-state index in [4.69, 9.17) is 5.84 Å². The standard InChI is InChI=1S/C16H20BrN5OS/c1-11-6-4-5-9-21(11)14(23)10-24-16-20-19-15(22(16)18)12-7-2-3-8-13(12)17/h2-3,7-8,11H,4-6,9-10,18H2,1H3/t11-/m1/s1. The van der Waals surface area contributed by atoms with Crippen LogP contribution in [0.2, 0.25) is 0 Å². The molecule has 1 aromatic carbocycles. The molecule has 2 heterocycles. The third-order valence-corrected chi connectivity index (χ3v) is 5.85. The molecule has 0 spiro atoms. The summed E-state index contributed by atoms with van der Waals surface area (Å²) in [5.41, 5.74) is 0.871. The van der Waals surface area contributed by atoms with E-state index in [1.807, 2.05) is 29.2 Å². The molecule has 2 N–H and O–H groups in total. The first kappa shape index (κ1) is 17.3. The lowest BCUT2D eigenvalue weighted by Crippen LogP contribution is -2.43. The molecule has 0 radical (unpaired) electrons. The van der Waals surface area contributed by atoms with Crippen LogP contribution >= 0.6 is 27.7 Å². The van der Waals surface area contributed by atoms with Crippen LogP contribution in [0.25, 0.3) is 11.4 Å². The number of hydrogen-bond acceptors (Lipinski definition) is 5. The predicted octanol–water partition coefficient (Wildman–Crippen LogP) is 2.91. The van der Waals surface area contributed by atoms with Crippen LogP contribution in [0.4, 0.5) is 0 Å². The lowest BCUT2D eigenvalue weighted by Gasteiger charge is -2.33. The summed E-state index contributed by atoms with van der Waals surface area (Å²) >= 11 is 4.82. The molecule has 1 fully saturated rings. The molecule has 0 bridgehead atoms. The van der Waals surface area contributed by atoms with Gasteiger partial charge < -0.3 is 10.7 Å². The molecule has 1 aromatic heterocycles. The smallest absolute Gasteiger partial charge is 0.233 e. The lowest BCUT2D eigenvalue weighted by molar-refractivity contribution is -0.131. The molecular formula is C16H20BrN5OS. The minimum absolute atomic E-state index is 0.137. The number of amides is 1. The van der Waals surface area contributed by atoms with E-state index in [2.05, 4.69) is 33.1 Å². The third-order valence-electron chi connectivity index (χ3n) is 4.23. The quantitative estimate of drug-likeness (QED) is 0.620. The number of halogens is 1. The predicted molar refractivity (Wildman–Crippen MR) is 99.1 cm³/mol. The number of carbonyl (C=O) groups excluding carboxylic acids is 1. The zero-order valence-corrected chi connectivity index (χ0v) is 15.9. The van der Waals surface area contributed by atoms with Gasteiger partial charge in [0, 0.05) is 22.6 Å². The van der Waals surface area contributed by atoms with Crippen LogP contribution in [0.1, 0.15) is 26.2 Å². The molecule has 2 aromatic rings. The van der Waals surface area contributed by atoms with Gasteiger partial charge in [-0.1, -0.05) is 39.8 Å². The first-order valence-electron chi connectivity index (χ1n) is 7.95. The summed E-state index contributed by atoms with van der Waals surface area (Å²) in [5, 5.41) is 8.83. The topological polar surface area (TPSA) is 77.0 Å². The molecule has 1 aliphatic rings. The van der Waals surface area contributed by atoms with Gasteiger partial charge >= 0.3 is 0 Å². The molecule has 0 saturated carbocycles. The monoisotopic (exact) mass is 409 g/mol. The summed E-state index contributed by atoms with van der Waals surface area (Å²) in [4.78, 5) is 14.4. The zero-order valence-electron chi connectivity index (χ0n) is 13.5. The van der Waals surface area contributed by atoms with E-state index in [0.29, 0.717) is 22.8 Å². The Labute approximate surface area is 153 Å². The fourth-order valence-electron chi connectivity index (χ4n) is 2.88. The summed E-state index contributed by atoms with van der Waals surface area (Å²) in [6, 6.07) is 8.02. The fourth-order valence-corrected chi connectivity index (χ4v) is 4.08. The van der Waals surface area contributed by atoms with Crippen molar-refractivity contribution in [1.29, 1.82) is 0 Å². The minimum atomic E-state index is 0.137. The van der Waals surface area contributed by atoms with Gasteiger partial charge in [-0.2, -0.15) is 0 Å². The first-order valence-corrected chi connectivity index (χ1v) is 9.73. The van der Waals surface area contributed by atoms with Crippen LogP contribution in [0.5, 0.6) is 0 Å². The Balaban J connectivity index is 1.69. The molecule has 0 unspecified atom stereocenters. The lowest BCUT2D eigenvalue weighted by atomic mass is 10.0. The SMILES string of the molecule is C[C@@H]1CCCCN1C(=O)CSc1nnc(-c2ccccc2Br)n1N. The second kappa shape index (κ2) is 7.57. The Hall–Kier alpha value is -1.54. The van der Waals surface area contributed by atoms with E-state index < -0.39 is 0 Å². The first-order chi connectivity index (χ1) is 11.6. The van der Waals surface area contributed by atoms with E-state index in [9.17, 15) is 4.79 Å². The summed E-state index contributed by atoms with van der Waals surface area (Å²) in [7, 11) is 0. The molecule has 24 heavy (non-hydrogen) atoms. The number of nitrogens with zero attached hydrogens (tertiary/aromatic N) is 4. The molecule has 128 valence electrons. The Morgan fingerprint density at radius 3 is 2.92 bits per heavy atom. The number of thioether (sulfide) groups is 1. The van der Waals surface area contributed by atoms with Crippen LogP contribution < -0.4 is 5.84 Å². The van der Waals surface area contributed by atoms with E-state index in [1.165, 1.54) is 22.9 Å². The highest BCUT2D eigenvalue weighted by molar-refractivity contribution is 9.10. The number of nitrogens with two attached hydrogens (primary N) is 1. The Morgan fingerprint density at radius 1 is 1.38 bits per heavy atom. The Kier molecular flexibility index (Phi) is 5.45. The molecule has 1 amide bonds.